The van der Waals surface area contributed by atoms with Crippen molar-refractivity contribution >= 4 is 5.97 Å². The molecule has 2 rings (SSSR count). The number of hydrogen-bond acceptors (Lipinski definition) is 2. The Morgan fingerprint density at radius 3 is 2.45 bits per heavy atom. The van der Waals surface area contributed by atoms with E-state index in [1.807, 2.05) is 12.1 Å². The average Bonchev–Trinajstić information content (AvgIpc) is 2.46. The van der Waals surface area contributed by atoms with Crippen LogP contribution < -0.4 is 5.32 Å². The fourth-order valence-electron chi connectivity index (χ4n) is 2.92. The van der Waals surface area contributed by atoms with E-state index < -0.39 is 5.97 Å². The first kappa shape index (κ1) is 15.0. The van der Waals surface area contributed by atoms with Crippen LogP contribution >= 0.6 is 0 Å². The lowest BCUT2D eigenvalue weighted by Gasteiger charge is -2.26. The summed E-state index contributed by atoms with van der Waals surface area (Å²) in [7, 11) is 0. The van der Waals surface area contributed by atoms with Crippen molar-refractivity contribution in [3.63, 3.8) is 0 Å². The second-order valence-corrected chi connectivity index (χ2v) is 6.09. The van der Waals surface area contributed by atoms with Crippen molar-refractivity contribution in [3.8, 4) is 0 Å². The number of nitrogens with one attached hydrogen (secondary N) is 1. The molecule has 1 aliphatic carbocycles. The van der Waals surface area contributed by atoms with Crippen molar-refractivity contribution in [2.45, 2.75) is 45.6 Å². The fraction of sp³-hybridized carbons (Fsp3) is 0.588. The van der Waals surface area contributed by atoms with Crippen molar-refractivity contribution in [1.82, 2.24) is 5.32 Å². The highest BCUT2D eigenvalue weighted by Gasteiger charge is 2.17. The first-order valence-corrected chi connectivity index (χ1v) is 7.68. The minimum absolute atomic E-state index is 0.352. The molecule has 0 radical (unpaired) electrons. The minimum Gasteiger partial charge on any atom is -0.478 e. The number of rotatable bonds is 6. The molecule has 0 heterocycles. The summed E-state index contributed by atoms with van der Waals surface area (Å²) >= 11 is 0. The molecule has 0 aliphatic heterocycles. The van der Waals surface area contributed by atoms with E-state index in [1.165, 1.54) is 32.1 Å². The van der Waals surface area contributed by atoms with Gasteiger partial charge < -0.3 is 10.4 Å². The van der Waals surface area contributed by atoms with Gasteiger partial charge in [0.05, 0.1) is 5.56 Å². The van der Waals surface area contributed by atoms with E-state index in [9.17, 15) is 4.79 Å². The van der Waals surface area contributed by atoms with Crippen LogP contribution in [0.3, 0.4) is 0 Å². The number of benzene rings is 1. The van der Waals surface area contributed by atoms with Crippen LogP contribution in [0.4, 0.5) is 0 Å². The maximum Gasteiger partial charge on any atom is 0.335 e. The van der Waals surface area contributed by atoms with Gasteiger partial charge in [-0.3, -0.25) is 0 Å². The summed E-state index contributed by atoms with van der Waals surface area (Å²) in [6.07, 6.45) is 6.81. The Morgan fingerprint density at radius 1 is 1.20 bits per heavy atom. The molecule has 1 aromatic rings. The van der Waals surface area contributed by atoms with Gasteiger partial charge in [0.25, 0.3) is 0 Å². The smallest absolute Gasteiger partial charge is 0.335 e. The molecule has 0 atom stereocenters. The summed E-state index contributed by atoms with van der Waals surface area (Å²) in [6, 6.07) is 7.11. The van der Waals surface area contributed by atoms with Crippen LogP contribution in [0.25, 0.3) is 0 Å². The van der Waals surface area contributed by atoms with Gasteiger partial charge in [-0.2, -0.15) is 0 Å². The first-order valence-electron chi connectivity index (χ1n) is 7.68. The van der Waals surface area contributed by atoms with Crippen LogP contribution in [0.15, 0.2) is 24.3 Å². The van der Waals surface area contributed by atoms with Gasteiger partial charge in [-0.15, -0.1) is 0 Å². The predicted molar refractivity (Wildman–Crippen MR) is 80.8 cm³/mol. The second kappa shape index (κ2) is 7.44. The van der Waals surface area contributed by atoms with Gasteiger partial charge in [0.1, 0.15) is 0 Å². The maximum atomic E-state index is 10.8. The van der Waals surface area contributed by atoms with Crippen LogP contribution in [0.5, 0.6) is 0 Å². The summed E-state index contributed by atoms with van der Waals surface area (Å²) in [5, 5.41) is 12.3. The molecule has 1 aliphatic rings. The monoisotopic (exact) mass is 275 g/mol. The first-order chi connectivity index (χ1) is 9.65. The predicted octanol–water partition coefficient (Wildman–Crippen LogP) is 3.69. The van der Waals surface area contributed by atoms with Gasteiger partial charge >= 0.3 is 5.97 Å². The molecule has 0 unspecified atom stereocenters. The van der Waals surface area contributed by atoms with Gasteiger partial charge in [-0.25, -0.2) is 4.79 Å². The topological polar surface area (TPSA) is 49.3 Å². The van der Waals surface area contributed by atoms with Crippen molar-refractivity contribution < 1.29 is 9.90 Å². The highest BCUT2D eigenvalue weighted by atomic mass is 16.4. The maximum absolute atomic E-state index is 10.8. The van der Waals surface area contributed by atoms with Crippen LogP contribution in [0.1, 0.15) is 54.9 Å². The Bertz CT molecular complexity index is 419. The van der Waals surface area contributed by atoms with E-state index in [1.54, 1.807) is 12.1 Å². The molecule has 0 amide bonds. The van der Waals surface area contributed by atoms with Gasteiger partial charge in [0, 0.05) is 6.54 Å². The number of carbonyl (C=O) groups is 1. The average molecular weight is 275 g/mol. The summed E-state index contributed by atoms with van der Waals surface area (Å²) in [5.41, 5.74) is 1.50. The summed E-state index contributed by atoms with van der Waals surface area (Å²) in [6.45, 7) is 4.23. The largest absolute Gasteiger partial charge is 0.478 e. The molecule has 110 valence electrons. The fourth-order valence-corrected chi connectivity index (χ4v) is 2.92. The zero-order valence-electron chi connectivity index (χ0n) is 12.3. The van der Waals surface area contributed by atoms with Gasteiger partial charge in [-0.05, 0) is 42.5 Å². The summed E-state index contributed by atoms with van der Waals surface area (Å²) in [5.74, 6) is 0.955. The Hall–Kier alpha value is -1.35. The highest BCUT2D eigenvalue weighted by molar-refractivity contribution is 5.87. The molecule has 20 heavy (non-hydrogen) atoms. The van der Waals surface area contributed by atoms with Gasteiger partial charge in [0.2, 0.25) is 0 Å². The standard InChI is InChI=1S/C17H25NO2/c1-13-2-4-14(5-3-13)10-11-18-12-15-6-8-16(9-7-15)17(19)20/h6-9,13-14,18H,2-5,10-12H2,1H3,(H,19,20). The van der Waals surface area contributed by atoms with E-state index >= 15 is 0 Å². The molecule has 1 fully saturated rings. The van der Waals surface area contributed by atoms with E-state index in [-0.39, 0.29) is 0 Å². The van der Waals surface area contributed by atoms with E-state index in [0.717, 1.165) is 30.5 Å². The van der Waals surface area contributed by atoms with Crippen molar-refractivity contribution in [3.05, 3.63) is 35.4 Å². The lowest BCUT2D eigenvalue weighted by atomic mass is 9.81. The van der Waals surface area contributed by atoms with Crippen LogP contribution in [-0.4, -0.2) is 17.6 Å². The van der Waals surface area contributed by atoms with Gasteiger partial charge in [0.15, 0.2) is 0 Å². The molecule has 0 bridgehead atoms. The third kappa shape index (κ3) is 4.64. The SMILES string of the molecule is CC1CCC(CCNCc2ccc(C(=O)O)cc2)CC1. The Kier molecular flexibility index (Phi) is 5.60. The number of hydrogen-bond donors (Lipinski definition) is 2. The summed E-state index contributed by atoms with van der Waals surface area (Å²) < 4.78 is 0. The molecule has 0 saturated heterocycles. The Morgan fingerprint density at radius 2 is 1.85 bits per heavy atom. The lowest BCUT2D eigenvalue weighted by molar-refractivity contribution is 0.0697. The number of carboxylic acid groups (broad SMARTS) is 1. The molecule has 1 aromatic carbocycles. The van der Waals surface area contributed by atoms with E-state index in [4.69, 9.17) is 5.11 Å². The van der Waals surface area contributed by atoms with E-state index in [0.29, 0.717) is 5.56 Å². The molecular weight excluding hydrogens is 250 g/mol. The minimum atomic E-state index is -0.865. The second-order valence-electron chi connectivity index (χ2n) is 6.09. The zero-order valence-corrected chi connectivity index (χ0v) is 12.3. The third-order valence-electron chi connectivity index (χ3n) is 4.39. The zero-order chi connectivity index (χ0) is 14.4. The van der Waals surface area contributed by atoms with E-state index in [2.05, 4.69) is 12.2 Å². The molecule has 0 aromatic heterocycles. The highest BCUT2D eigenvalue weighted by Crippen LogP contribution is 2.29. The Labute approximate surface area is 121 Å². The summed E-state index contributed by atoms with van der Waals surface area (Å²) in [4.78, 5) is 10.8. The number of aromatic carboxylic acids is 1. The van der Waals surface area contributed by atoms with Crippen molar-refractivity contribution in [2.24, 2.45) is 11.8 Å². The van der Waals surface area contributed by atoms with Crippen molar-refractivity contribution in [2.75, 3.05) is 6.54 Å². The van der Waals surface area contributed by atoms with Crippen LogP contribution in [0, 0.1) is 11.8 Å². The third-order valence-corrected chi connectivity index (χ3v) is 4.39. The quantitative estimate of drug-likeness (QED) is 0.778. The van der Waals surface area contributed by atoms with Crippen LogP contribution in [-0.2, 0) is 6.54 Å². The molecule has 3 heteroatoms. The normalized spacial score (nSPS) is 22.6. The lowest BCUT2D eigenvalue weighted by Crippen LogP contribution is -2.20. The van der Waals surface area contributed by atoms with Gasteiger partial charge in [-0.1, -0.05) is 44.7 Å². The molecule has 1 saturated carbocycles. The van der Waals surface area contributed by atoms with Crippen molar-refractivity contribution in [1.29, 1.82) is 0 Å². The molecule has 0 spiro atoms. The molecular formula is C17H25NO2. The molecule has 3 nitrogen and oxygen atoms in total. The number of carboxylic acids is 1. The Balaban J connectivity index is 1.64. The molecule has 2 N–H and O–H groups in total. The van der Waals surface area contributed by atoms with Crippen LogP contribution in [0.2, 0.25) is 0 Å².